The van der Waals surface area contributed by atoms with Crippen molar-refractivity contribution >= 4 is 11.7 Å². The lowest BCUT2D eigenvalue weighted by Crippen LogP contribution is -2.28. The zero-order valence-corrected chi connectivity index (χ0v) is 20.5. The van der Waals surface area contributed by atoms with E-state index in [-0.39, 0.29) is 22.9 Å². The van der Waals surface area contributed by atoms with E-state index in [0.717, 1.165) is 16.8 Å². The molecule has 4 aromatic rings. The van der Waals surface area contributed by atoms with Crippen LogP contribution in [0.15, 0.2) is 72.9 Å². The molecule has 0 saturated carbocycles. The number of Topliss-reactive ketones (excluding diaryl/α,β-unsaturated/α-hetero) is 1. The van der Waals surface area contributed by atoms with Gasteiger partial charge in [-0.2, -0.15) is 5.10 Å². The maximum absolute atomic E-state index is 13.2. The van der Waals surface area contributed by atoms with Gasteiger partial charge in [0.15, 0.2) is 11.6 Å². The molecule has 1 amide bonds. The van der Waals surface area contributed by atoms with Crippen LogP contribution in [0.5, 0.6) is 0 Å². The smallest absolute Gasteiger partial charge is 0.255 e. The minimum Gasteiger partial charge on any atom is -0.337 e. The number of hydrogen-bond acceptors (Lipinski definition) is 4. The Hall–Kier alpha value is -4.13. The summed E-state index contributed by atoms with van der Waals surface area (Å²) < 4.78 is 14.9. The van der Waals surface area contributed by atoms with E-state index >= 15 is 0 Å². The highest BCUT2D eigenvalue weighted by molar-refractivity contribution is 6.04. The van der Waals surface area contributed by atoms with E-state index in [1.165, 1.54) is 18.3 Å². The van der Waals surface area contributed by atoms with Gasteiger partial charge in [-0.15, -0.1) is 0 Å². The van der Waals surface area contributed by atoms with Crippen LogP contribution >= 0.6 is 0 Å². The molecule has 2 heterocycles. The van der Waals surface area contributed by atoms with Crippen LogP contribution in [-0.2, 0) is 13.0 Å². The van der Waals surface area contributed by atoms with Crippen molar-refractivity contribution in [1.29, 1.82) is 0 Å². The van der Waals surface area contributed by atoms with E-state index in [0.29, 0.717) is 42.0 Å². The summed E-state index contributed by atoms with van der Waals surface area (Å²) in [7, 11) is 1.70. The number of carbonyl (C=O) groups excluding carboxylic acids is 2. The van der Waals surface area contributed by atoms with E-state index < -0.39 is 0 Å². The fourth-order valence-electron chi connectivity index (χ4n) is 4.73. The number of nitrogens with zero attached hydrogens (tertiary/aromatic N) is 4. The van der Waals surface area contributed by atoms with Crippen LogP contribution in [0.25, 0.3) is 17.1 Å². The number of carbonyl (C=O) groups is 2. The first kappa shape index (κ1) is 23.6. The number of fused-ring (bicyclic) bond motifs is 1. The molecule has 36 heavy (non-hydrogen) atoms. The van der Waals surface area contributed by atoms with Crippen molar-refractivity contribution < 1.29 is 14.0 Å². The Morgan fingerprint density at radius 3 is 2.42 bits per heavy atom. The Labute approximate surface area is 209 Å². The van der Waals surface area contributed by atoms with Gasteiger partial charge in [0.05, 0.1) is 16.8 Å². The molecule has 0 spiro atoms. The normalized spacial score (nSPS) is 14.4. The summed E-state index contributed by atoms with van der Waals surface area (Å²) in [6, 6.07) is 19.3. The van der Waals surface area contributed by atoms with E-state index in [1.54, 1.807) is 40.9 Å². The summed E-state index contributed by atoms with van der Waals surface area (Å²) in [6.07, 6.45) is 2.69. The predicted octanol–water partition coefficient (Wildman–Crippen LogP) is 5.50. The molecule has 0 radical (unpaired) electrons. The van der Waals surface area contributed by atoms with Crippen LogP contribution in [0.1, 0.15) is 52.2 Å². The minimum absolute atomic E-state index is 0.0839. The van der Waals surface area contributed by atoms with E-state index in [4.69, 9.17) is 5.10 Å². The number of amides is 1. The number of rotatable bonds is 5. The van der Waals surface area contributed by atoms with Crippen LogP contribution in [0.4, 0.5) is 4.39 Å². The first-order valence-electron chi connectivity index (χ1n) is 11.9. The monoisotopic (exact) mass is 482 g/mol. The van der Waals surface area contributed by atoms with Crippen molar-refractivity contribution in [3.63, 3.8) is 0 Å². The molecule has 7 heteroatoms. The van der Waals surface area contributed by atoms with Gasteiger partial charge in [-0.1, -0.05) is 56.3 Å². The zero-order chi connectivity index (χ0) is 25.4. The largest absolute Gasteiger partial charge is 0.337 e. The number of pyridine rings is 1. The van der Waals surface area contributed by atoms with Gasteiger partial charge in [0.1, 0.15) is 11.5 Å². The summed E-state index contributed by atoms with van der Waals surface area (Å²) in [5.41, 5.74) is 4.12. The van der Waals surface area contributed by atoms with Crippen molar-refractivity contribution in [1.82, 2.24) is 19.7 Å². The van der Waals surface area contributed by atoms with Crippen LogP contribution in [0.3, 0.4) is 0 Å². The maximum atomic E-state index is 13.2. The molecule has 2 aromatic heterocycles. The van der Waals surface area contributed by atoms with Gasteiger partial charge >= 0.3 is 0 Å². The predicted molar refractivity (Wildman–Crippen MR) is 135 cm³/mol. The molecule has 0 aliphatic heterocycles. The number of halogens is 1. The standard InChI is InChI=1S/C29H27FN4O2/c1-29(2)15-23-26(24(35)16-29)27(20-7-5-4-6-8-20)32-34(23)25-14-11-21(17-31-25)28(36)33(3)18-19-9-12-22(30)13-10-19/h4-14,17H,15-16,18H2,1-3H3. The second kappa shape index (κ2) is 9.15. The molecule has 0 N–H and O–H groups in total. The highest BCUT2D eigenvalue weighted by Gasteiger charge is 2.37. The lowest BCUT2D eigenvalue weighted by Gasteiger charge is -2.29. The Bertz CT molecular complexity index is 1420. The Morgan fingerprint density at radius 2 is 1.75 bits per heavy atom. The fourth-order valence-corrected chi connectivity index (χ4v) is 4.73. The lowest BCUT2D eigenvalue weighted by molar-refractivity contribution is 0.0784. The van der Waals surface area contributed by atoms with Crippen molar-refractivity contribution in [2.45, 2.75) is 33.2 Å². The summed E-state index contributed by atoms with van der Waals surface area (Å²) in [4.78, 5) is 32.3. The average molecular weight is 483 g/mol. The number of aromatic nitrogens is 3. The van der Waals surface area contributed by atoms with Gasteiger partial charge in [0.25, 0.3) is 5.91 Å². The average Bonchev–Trinajstić information content (AvgIpc) is 3.24. The molecule has 0 unspecified atom stereocenters. The van der Waals surface area contributed by atoms with E-state index in [2.05, 4.69) is 18.8 Å². The van der Waals surface area contributed by atoms with Crippen molar-refractivity contribution in [3.8, 4) is 17.1 Å². The highest BCUT2D eigenvalue weighted by atomic mass is 19.1. The summed E-state index contributed by atoms with van der Waals surface area (Å²) in [5, 5.41) is 4.83. The number of hydrogen-bond donors (Lipinski definition) is 0. The van der Waals surface area contributed by atoms with Crippen LogP contribution < -0.4 is 0 Å². The topological polar surface area (TPSA) is 68.1 Å². The molecular formula is C29H27FN4O2. The Balaban J connectivity index is 1.46. The molecule has 5 rings (SSSR count). The van der Waals surface area contributed by atoms with Crippen LogP contribution in [-0.4, -0.2) is 38.4 Å². The Kier molecular flexibility index (Phi) is 6.00. The second-order valence-electron chi connectivity index (χ2n) is 10.1. The van der Waals surface area contributed by atoms with Gasteiger partial charge in [-0.05, 0) is 41.7 Å². The van der Waals surface area contributed by atoms with Crippen LogP contribution in [0, 0.1) is 11.2 Å². The van der Waals surface area contributed by atoms with Gasteiger partial charge in [-0.3, -0.25) is 9.59 Å². The summed E-state index contributed by atoms with van der Waals surface area (Å²) >= 11 is 0. The summed E-state index contributed by atoms with van der Waals surface area (Å²) in [5.74, 6) is 0.133. The third kappa shape index (κ3) is 4.56. The van der Waals surface area contributed by atoms with Crippen LogP contribution in [0.2, 0.25) is 0 Å². The Morgan fingerprint density at radius 1 is 1.03 bits per heavy atom. The van der Waals surface area contributed by atoms with E-state index in [9.17, 15) is 14.0 Å². The molecule has 1 aliphatic rings. The van der Waals surface area contributed by atoms with E-state index in [1.807, 2.05) is 30.3 Å². The number of ketones is 1. The van der Waals surface area contributed by atoms with Crippen molar-refractivity contribution in [2.24, 2.45) is 5.41 Å². The molecule has 6 nitrogen and oxygen atoms in total. The third-order valence-electron chi connectivity index (χ3n) is 6.48. The summed E-state index contributed by atoms with van der Waals surface area (Å²) in [6.45, 7) is 4.52. The van der Waals surface area contributed by atoms with Gasteiger partial charge < -0.3 is 4.90 Å². The highest BCUT2D eigenvalue weighted by Crippen LogP contribution is 2.39. The third-order valence-corrected chi connectivity index (χ3v) is 6.48. The minimum atomic E-state index is -0.311. The van der Waals surface area contributed by atoms with Crippen molar-refractivity contribution in [3.05, 3.63) is 101 Å². The quantitative estimate of drug-likeness (QED) is 0.377. The second-order valence-corrected chi connectivity index (χ2v) is 10.1. The fraction of sp³-hybridized carbons (Fsp3) is 0.241. The van der Waals surface area contributed by atoms with Gasteiger partial charge in [0, 0.05) is 31.8 Å². The SMILES string of the molecule is CN(Cc1ccc(F)cc1)C(=O)c1ccc(-n2nc(-c3ccccc3)c3c2CC(C)(C)CC3=O)nc1. The molecule has 0 atom stereocenters. The molecule has 0 bridgehead atoms. The molecule has 0 saturated heterocycles. The first-order chi connectivity index (χ1) is 17.2. The number of benzene rings is 2. The van der Waals surface area contributed by atoms with Gasteiger partial charge in [0.2, 0.25) is 0 Å². The zero-order valence-electron chi connectivity index (χ0n) is 20.5. The van der Waals surface area contributed by atoms with Crippen molar-refractivity contribution in [2.75, 3.05) is 7.05 Å². The molecule has 0 fully saturated rings. The molecule has 182 valence electrons. The molecular weight excluding hydrogens is 455 g/mol. The first-order valence-corrected chi connectivity index (χ1v) is 11.9. The van der Waals surface area contributed by atoms with Gasteiger partial charge in [-0.25, -0.2) is 14.1 Å². The lowest BCUT2D eigenvalue weighted by atomic mass is 9.75. The molecule has 1 aliphatic carbocycles. The maximum Gasteiger partial charge on any atom is 0.255 e. The molecule has 2 aromatic carbocycles.